The van der Waals surface area contributed by atoms with E-state index in [1.165, 1.54) is 57.8 Å². The molecule has 0 aromatic carbocycles. The van der Waals surface area contributed by atoms with Gasteiger partial charge in [-0.05, 0) is 111 Å². The summed E-state index contributed by atoms with van der Waals surface area (Å²) in [6.45, 7) is 9.24. The van der Waals surface area contributed by atoms with Gasteiger partial charge in [-0.1, -0.05) is 13.0 Å². The minimum Gasteiger partial charge on any atom is -0.396 e. The molecule has 0 heterocycles. The van der Waals surface area contributed by atoms with Gasteiger partial charge in [0.1, 0.15) is 0 Å². The molecule has 2 heteroatoms. The van der Waals surface area contributed by atoms with Crippen molar-refractivity contribution in [2.75, 3.05) is 6.61 Å². The standard InChI is InChI=1S/C23H38O2/c1-4-23-12-10-20-18(21(23)8-7-19(23)15(2)25)6-5-17-13-16(14-24)9-11-22(17,20)3/h4,15-21,24-25H,1,5-14H2,2-3H3/t15-,16-,17+,18-,19-,20+,21+,22+,23-/m1/s1. The second-order valence-electron chi connectivity index (χ2n) is 10.3. The van der Waals surface area contributed by atoms with Gasteiger partial charge in [0.15, 0.2) is 0 Å². The van der Waals surface area contributed by atoms with Crippen LogP contribution in [-0.2, 0) is 0 Å². The second kappa shape index (κ2) is 6.37. The molecular formula is C23H38O2. The van der Waals surface area contributed by atoms with Crippen molar-refractivity contribution in [3.05, 3.63) is 12.7 Å². The Hall–Kier alpha value is -0.340. The van der Waals surface area contributed by atoms with Crippen LogP contribution in [0, 0.1) is 46.3 Å². The maximum absolute atomic E-state index is 10.4. The summed E-state index contributed by atoms with van der Waals surface area (Å²) < 4.78 is 0. The summed E-state index contributed by atoms with van der Waals surface area (Å²) in [6, 6.07) is 0. The highest BCUT2D eigenvalue weighted by atomic mass is 16.3. The predicted molar refractivity (Wildman–Crippen MR) is 102 cm³/mol. The Kier molecular flexibility index (Phi) is 4.60. The van der Waals surface area contributed by atoms with Crippen LogP contribution in [-0.4, -0.2) is 22.9 Å². The van der Waals surface area contributed by atoms with Crippen molar-refractivity contribution in [2.45, 2.75) is 77.7 Å². The number of hydrogen-bond acceptors (Lipinski definition) is 2. The van der Waals surface area contributed by atoms with Crippen LogP contribution in [0.15, 0.2) is 12.7 Å². The largest absolute Gasteiger partial charge is 0.396 e. The van der Waals surface area contributed by atoms with E-state index in [1.807, 2.05) is 6.92 Å². The topological polar surface area (TPSA) is 40.5 Å². The first-order valence-electron chi connectivity index (χ1n) is 10.9. The summed E-state index contributed by atoms with van der Waals surface area (Å²) in [5.41, 5.74) is 0.686. The summed E-state index contributed by atoms with van der Waals surface area (Å²) in [6.07, 6.45) is 13.6. The van der Waals surface area contributed by atoms with Gasteiger partial charge in [0, 0.05) is 6.61 Å². The summed E-state index contributed by atoms with van der Waals surface area (Å²) >= 11 is 0. The minimum absolute atomic E-state index is 0.195. The summed E-state index contributed by atoms with van der Waals surface area (Å²) in [4.78, 5) is 0. The van der Waals surface area contributed by atoms with E-state index in [2.05, 4.69) is 19.6 Å². The fraction of sp³-hybridized carbons (Fsp3) is 0.913. The fourth-order valence-electron chi connectivity index (χ4n) is 8.38. The molecule has 0 unspecified atom stereocenters. The lowest BCUT2D eigenvalue weighted by Gasteiger charge is -2.61. The monoisotopic (exact) mass is 346 g/mol. The Bertz CT molecular complexity index is 514. The summed E-state index contributed by atoms with van der Waals surface area (Å²) in [5, 5.41) is 20.0. The van der Waals surface area contributed by atoms with Crippen molar-refractivity contribution in [2.24, 2.45) is 46.3 Å². The molecule has 2 N–H and O–H groups in total. The zero-order chi connectivity index (χ0) is 17.8. The Balaban J connectivity index is 1.61. The minimum atomic E-state index is -0.202. The zero-order valence-corrected chi connectivity index (χ0v) is 16.3. The highest BCUT2D eigenvalue weighted by molar-refractivity contribution is 5.16. The summed E-state index contributed by atoms with van der Waals surface area (Å²) in [7, 11) is 0. The van der Waals surface area contributed by atoms with Gasteiger partial charge >= 0.3 is 0 Å². The van der Waals surface area contributed by atoms with Crippen LogP contribution < -0.4 is 0 Å². The Labute approximate surface area is 154 Å². The highest BCUT2D eigenvalue weighted by Crippen LogP contribution is 2.68. The number of rotatable bonds is 3. The number of aliphatic hydroxyl groups excluding tert-OH is 2. The number of allylic oxidation sites excluding steroid dienone is 1. The Morgan fingerprint density at radius 2 is 1.88 bits per heavy atom. The molecule has 0 saturated heterocycles. The molecule has 4 saturated carbocycles. The molecule has 9 atom stereocenters. The van der Waals surface area contributed by atoms with Crippen molar-refractivity contribution in [1.82, 2.24) is 0 Å². The van der Waals surface area contributed by atoms with E-state index in [4.69, 9.17) is 0 Å². The van der Waals surface area contributed by atoms with E-state index in [0.29, 0.717) is 23.9 Å². The van der Waals surface area contributed by atoms with Crippen molar-refractivity contribution in [3.8, 4) is 0 Å². The van der Waals surface area contributed by atoms with Crippen molar-refractivity contribution < 1.29 is 10.2 Å². The van der Waals surface area contributed by atoms with Gasteiger partial charge in [-0.15, -0.1) is 6.58 Å². The van der Waals surface area contributed by atoms with Crippen LogP contribution in [0.25, 0.3) is 0 Å². The lowest BCUT2D eigenvalue weighted by atomic mass is 9.44. The molecule has 0 radical (unpaired) electrons. The average molecular weight is 347 g/mol. The molecule has 2 nitrogen and oxygen atoms in total. The maximum Gasteiger partial charge on any atom is 0.0548 e. The van der Waals surface area contributed by atoms with Gasteiger partial charge in [-0.25, -0.2) is 0 Å². The maximum atomic E-state index is 10.4. The van der Waals surface area contributed by atoms with Crippen molar-refractivity contribution in [1.29, 1.82) is 0 Å². The van der Waals surface area contributed by atoms with E-state index in [0.717, 1.165) is 23.7 Å². The van der Waals surface area contributed by atoms with Gasteiger partial charge in [0.05, 0.1) is 6.10 Å². The van der Waals surface area contributed by atoms with Crippen LogP contribution in [0.5, 0.6) is 0 Å². The first-order valence-corrected chi connectivity index (χ1v) is 10.9. The molecule has 25 heavy (non-hydrogen) atoms. The van der Waals surface area contributed by atoms with E-state index < -0.39 is 0 Å². The number of fused-ring (bicyclic) bond motifs is 5. The first kappa shape index (κ1) is 18.0. The quantitative estimate of drug-likeness (QED) is 0.721. The lowest BCUT2D eigenvalue weighted by molar-refractivity contribution is -0.119. The van der Waals surface area contributed by atoms with Crippen LogP contribution >= 0.6 is 0 Å². The van der Waals surface area contributed by atoms with Crippen molar-refractivity contribution in [3.63, 3.8) is 0 Å². The molecule has 4 fully saturated rings. The molecular weight excluding hydrogens is 308 g/mol. The highest BCUT2D eigenvalue weighted by Gasteiger charge is 2.61. The smallest absolute Gasteiger partial charge is 0.0548 e. The van der Waals surface area contributed by atoms with Gasteiger partial charge in [0.2, 0.25) is 0 Å². The fourth-order valence-corrected chi connectivity index (χ4v) is 8.38. The molecule has 0 amide bonds. The van der Waals surface area contributed by atoms with Crippen LogP contribution in [0.2, 0.25) is 0 Å². The van der Waals surface area contributed by atoms with Gasteiger partial charge in [0.25, 0.3) is 0 Å². The zero-order valence-electron chi connectivity index (χ0n) is 16.3. The predicted octanol–water partition coefficient (Wildman–Crippen LogP) is 4.80. The molecule has 0 aromatic heterocycles. The normalized spacial score (nSPS) is 53.4. The molecule has 0 aromatic rings. The van der Waals surface area contributed by atoms with E-state index in [1.54, 1.807) is 0 Å². The van der Waals surface area contributed by atoms with Crippen molar-refractivity contribution >= 4 is 0 Å². The van der Waals surface area contributed by atoms with Crippen LogP contribution in [0.4, 0.5) is 0 Å². The third-order valence-corrected chi connectivity index (χ3v) is 9.65. The first-order chi connectivity index (χ1) is 12.0. The van der Waals surface area contributed by atoms with E-state index in [9.17, 15) is 10.2 Å². The number of aliphatic hydroxyl groups is 2. The molecule has 0 spiro atoms. The van der Waals surface area contributed by atoms with E-state index >= 15 is 0 Å². The molecule has 0 aliphatic heterocycles. The molecule has 4 aliphatic carbocycles. The Morgan fingerprint density at radius 3 is 2.56 bits per heavy atom. The Morgan fingerprint density at radius 1 is 1.08 bits per heavy atom. The molecule has 4 aliphatic rings. The third kappa shape index (κ3) is 2.50. The molecule has 4 rings (SSSR count). The molecule has 0 bridgehead atoms. The van der Waals surface area contributed by atoms with Crippen LogP contribution in [0.3, 0.4) is 0 Å². The van der Waals surface area contributed by atoms with Crippen LogP contribution in [0.1, 0.15) is 71.6 Å². The lowest BCUT2D eigenvalue weighted by Crippen LogP contribution is -2.54. The van der Waals surface area contributed by atoms with E-state index in [-0.39, 0.29) is 11.5 Å². The average Bonchev–Trinajstić information content (AvgIpc) is 3.01. The van der Waals surface area contributed by atoms with Gasteiger partial charge in [-0.2, -0.15) is 0 Å². The summed E-state index contributed by atoms with van der Waals surface area (Å²) in [5.74, 6) is 4.24. The third-order valence-electron chi connectivity index (χ3n) is 9.65. The van der Waals surface area contributed by atoms with Gasteiger partial charge < -0.3 is 10.2 Å². The SMILES string of the molecule is C=C[C@]12CC[C@H]3[C@@H](CC[C@H]4C[C@H](CO)CC[C@@]43C)[C@@H]1CC[C@@H]2[C@@H](C)O. The number of hydrogen-bond donors (Lipinski definition) is 2. The second-order valence-corrected chi connectivity index (χ2v) is 10.3. The molecule has 142 valence electrons. The van der Waals surface area contributed by atoms with Gasteiger partial charge in [-0.3, -0.25) is 0 Å².